The van der Waals surface area contributed by atoms with Gasteiger partial charge in [-0.25, -0.2) is 0 Å². The molecule has 2 rings (SSSR count). The highest BCUT2D eigenvalue weighted by molar-refractivity contribution is 5.09. The van der Waals surface area contributed by atoms with Crippen LogP contribution in [0.15, 0.2) is 24.9 Å². The average molecular weight is 291 g/mol. The summed E-state index contributed by atoms with van der Waals surface area (Å²) in [6.07, 6.45) is 9.90. The zero-order valence-electron chi connectivity index (χ0n) is 13.2. The Kier molecular flexibility index (Phi) is 6.46. The molecule has 1 aliphatic heterocycles. The molecule has 1 aromatic rings. The standard InChI is InChI=1S/C17H29N3O/c1-3-4-5-6-15(2)19-11-8-16(9-12-19)17-7-10-18-20(17)13-14-21/h3,7,10,15-16,21H,1,4-6,8-9,11-14H2,2H3. The minimum atomic E-state index is 0.161. The van der Waals surface area contributed by atoms with Crippen LogP contribution in [0.3, 0.4) is 0 Å². The number of hydrogen-bond acceptors (Lipinski definition) is 3. The number of rotatable bonds is 8. The minimum Gasteiger partial charge on any atom is -0.394 e. The van der Waals surface area contributed by atoms with Gasteiger partial charge in [0, 0.05) is 23.9 Å². The van der Waals surface area contributed by atoms with Gasteiger partial charge in [-0.2, -0.15) is 5.10 Å². The quantitative estimate of drug-likeness (QED) is 0.591. The third-order valence-corrected chi connectivity index (χ3v) is 4.66. The first-order chi connectivity index (χ1) is 10.3. The summed E-state index contributed by atoms with van der Waals surface area (Å²) in [5.74, 6) is 0.593. The normalized spacial score (nSPS) is 18.8. The molecule has 0 saturated carbocycles. The molecule has 1 saturated heterocycles. The SMILES string of the molecule is C=CCCCC(C)N1CCC(c2ccnn2CCO)CC1. The fourth-order valence-corrected chi connectivity index (χ4v) is 3.35. The molecule has 4 heteroatoms. The van der Waals surface area contributed by atoms with Crippen LogP contribution in [-0.4, -0.2) is 45.5 Å². The van der Waals surface area contributed by atoms with Crippen molar-refractivity contribution in [3.05, 3.63) is 30.6 Å². The van der Waals surface area contributed by atoms with Crippen LogP contribution in [0.5, 0.6) is 0 Å². The van der Waals surface area contributed by atoms with Crippen molar-refractivity contribution < 1.29 is 5.11 Å². The highest BCUT2D eigenvalue weighted by Gasteiger charge is 2.25. The van der Waals surface area contributed by atoms with Crippen LogP contribution >= 0.6 is 0 Å². The predicted molar refractivity (Wildman–Crippen MR) is 86.4 cm³/mol. The van der Waals surface area contributed by atoms with E-state index in [2.05, 4.69) is 29.6 Å². The maximum Gasteiger partial charge on any atom is 0.0644 e. The smallest absolute Gasteiger partial charge is 0.0644 e. The molecule has 1 N–H and O–H groups in total. The van der Waals surface area contributed by atoms with Gasteiger partial charge in [-0.05, 0) is 58.2 Å². The Hall–Kier alpha value is -1.13. The van der Waals surface area contributed by atoms with Crippen LogP contribution in [0.4, 0.5) is 0 Å². The number of aromatic nitrogens is 2. The zero-order valence-corrected chi connectivity index (χ0v) is 13.2. The molecule has 1 fully saturated rings. The second-order valence-corrected chi connectivity index (χ2v) is 6.08. The van der Waals surface area contributed by atoms with Gasteiger partial charge in [0.25, 0.3) is 0 Å². The number of nitrogens with zero attached hydrogens (tertiary/aromatic N) is 3. The van der Waals surface area contributed by atoms with Gasteiger partial charge >= 0.3 is 0 Å². The molecule has 1 unspecified atom stereocenters. The minimum absolute atomic E-state index is 0.161. The van der Waals surface area contributed by atoms with Gasteiger partial charge in [-0.1, -0.05) is 6.08 Å². The van der Waals surface area contributed by atoms with Crippen molar-refractivity contribution in [3.8, 4) is 0 Å². The lowest BCUT2D eigenvalue weighted by Crippen LogP contribution is -2.39. The number of aliphatic hydroxyl groups is 1. The molecule has 21 heavy (non-hydrogen) atoms. The van der Waals surface area contributed by atoms with Gasteiger partial charge in [0.15, 0.2) is 0 Å². The Labute approximate surface area is 128 Å². The van der Waals surface area contributed by atoms with E-state index in [0.717, 1.165) is 6.42 Å². The first kappa shape index (κ1) is 16.2. The van der Waals surface area contributed by atoms with E-state index in [4.69, 9.17) is 5.11 Å². The van der Waals surface area contributed by atoms with Crippen LogP contribution in [0.25, 0.3) is 0 Å². The molecule has 2 heterocycles. The molecule has 0 spiro atoms. The Balaban J connectivity index is 1.82. The lowest BCUT2D eigenvalue weighted by Gasteiger charge is -2.36. The topological polar surface area (TPSA) is 41.3 Å². The summed E-state index contributed by atoms with van der Waals surface area (Å²) in [6.45, 7) is 9.25. The molecule has 0 radical (unpaired) electrons. The molecule has 4 nitrogen and oxygen atoms in total. The Morgan fingerprint density at radius 1 is 1.48 bits per heavy atom. The van der Waals surface area contributed by atoms with E-state index >= 15 is 0 Å². The van der Waals surface area contributed by atoms with E-state index in [1.54, 1.807) is 0 Å². The Morgan fingerprint density at radius 3 is 2.90 bits per heavy atom. The average Bonchev–Trinajstić information content (AvgIpc) is 2.96. The largest absolute Gasteiger partial charge is 0.394 e. The monoisotopic (exact) mass is 291 g/mol. The summed E-state index contributed by atoms with van der Waals surface area (Å²) in [6, 6.07) is 2.79. The maximum absolute atomic E-state index is 9.10. The molecule has 0 aliphatic carbocycles. The number of likely N-dealkylation sites (tertiary alicyclic amines) is 1. The van der Waals surface area contributed by atoms with Crippen molar-refractivity contribution in [1.29, 1.82) is 0 Å². The zero-order chi connectivity index (χ0) is 15.1. The van der Waals surface area contributed by atoms with Crippen molar-refractivity contribution in [2.45, 2.75) is 57.5 Å². The van der Waals surface area contributed by atoms with Crippen LogP contribution < -0.4 is 0 Å². The van der Waals surface area contributed by atoms with Crippen molar-refractivity contribution in [3.63, 3.8) is 0 Å². The molecular formula is C17H29N3O. The van der Waals surface area contributed by atoms with E-state index in [1.165, 1.54) is 44.5 Å². The summed E-state index contributed by atoms with van der Waals surface area (Å²) >= 11 is 0. The van der Waals surface area contributed by atoms with Gasteiger partial charge in [0.1, 0.15) is 0 Å². The van der Waals surface area contributed by atoms with E-state index in [9.17, 15) is 0 Å². The first-order valence-corrected chi connectivity index (χ1v) is 8.23. The van der Waals surface area contributed by atoms with Gasteiger partial charge in [0.2, 0.25) is 0 Å². The summed E-state index contributed by atoms with van der Waals surface area (Å²) in [5, 5.41) is 13.4. The van der Waals surface area contributed by atoms with Crippen molar-refractivity contribution in [1.82, 2.24) is 14.7 Å². The summed E-state index contributed by atoms with van der Waals surface area (Å²) in [5.41, 5.74) is 1.29. The van der Waals surface area contributed by atoms with Gasteiger partial charge < -0.3 is 10.0 Å². The number of piperidine rings is 1. The fraction of sp³-hybridized carbons (Fsp3) is 0.706. The third kappa shape index (κ3) is 4.42. The van der Waals surface area contributed by atoms with Crippen LogP contribution in [0.1, 0.15) is 50.6 Å². The van der Waals surface area contributed by atoms with E-state index < -0.39 is 0 Å². The lowest BCUT2D eigenvalue weighted by molar-refractivity contribution is 0.151. The molecule has 0 aromatic carbocycles. The second kappa shape index (κ2) is 8.35. The van der Waals surface area contributed by atoms with E-state index in [1.807, 2.05) is 17.0 Å². The number of hydrogen-bond donors (Lipinski definition) is 1. The van der Waals surface area contributed by atoms with Crippen molar-refractivity contribution >= 4 is 0 Å². The van der Waals surface area contributed by atoms with Crippen LogP contribution in [0, 0.1) is 0 Å². The highest BCUT2D eigenvalue weighted by Crippen LogP contribution is 2.29. The van der Waals surface area contributed by atoms with E-state index in [-0.39, 0.29) is 6.61 Å². The van der Waals surface area contributed by atoms with Crippen LogP contribution in [0.2, 0.25) is 0 Å². The maximum atomic E-state index is 9.10. The highest BCUT2D eigenvalue weighted by atomic mass is 16.3. The van der Waals surface area contributed by atoms with Crippen LogP contribution in [-0.2, 0) is 6.54 Å². The number of aliphatic hydroxyl groups excluding tert-OH is 1. The van der Waals surface area contributed by atoms with Gasteiger partial charge in [0.05, 0.1) is 13.2 Å². The van der Waals surface area contributed by atoms with Gasteiger partial charge in [-0.3, -0.25) is 4.68 Å². The summed E-state index contributed by atoms with van der Waals surface area (Å²) in [7, 11) is 0. The first-order valence-electron chi connectivity index (χ1n) is 8.23. The van der Waals surface area contributed by atoms with E-state index in [0.29, 0.717) is 18.5 Å². The summed E-state index contributed by atoms with van der Waals surface area (Å²) in [4.78, 5) is 2.62. The molecule has 0 amide bonds. The van der Waals surface area contributed by atoms with Gasteiger partial charge in [-0.15, -0.1) is 6.58 Å². The second-order valence-electron chi connectivity index (χ2n) is 6.08. The molecule has 0 bridgehead atoms. The Morgan fingerprint density at radius 2 is 2.24 bits per heavy atom. The Bertz CT molecular complexity index is 421. The van der Waals surface area contributed by atoms with Crippen molar-refractivity contribution in [2.24, 2.45) is 0 Å². The molecule has 1 atom stereocenters. The molecular weight excluding hydrogens is 262 g/mol. The third-order valence-electron chi connectivity index (χ3n) is 4.66. The predicted octanol–water partition coefficient (Wildman–Crippen LogP) is 2.80. The number of allylic oxidation sites excluding steroid dienone is 1. The summed E-state index contributed by atoms with van der Waals surface area (Å²) < 4.78 is 1.97. The molecule has 1 aromatic heterocycles. The van der Waals surface area contributed by atoms with Crippen molar-refractivity contribution in [2.75, 3.05) is 19.7 Å². The molecule has 118 valence electrons. The lowest BCUT2D eigenvalue weighted by atomic mass is 9.92. The molecule has 1 aliphatic rings. The number of unbranched alkanes of at least 4 members (excludes halogenated alkanes) is 1. The fourth-order valence-electron chi connectivity index (χ4n) is 3.35.